The maximum atomic E-state index is 11.4. The molecule has 0 aromatic heterocycles. The van der Waals surface area contributed by atoms with E-state index in [0.29, 0.717) is 25.2 Å². The maximum Gasteiger partial charge on any atom is 0.219 e. The van der Waals surface area contributed by atoms with Crippen LogP contribution in [0.3, 0.4) is 0 Å². The van der Waals surface area contributed by atoms with Gasteiger partial charge in [-0.3, -0.25) is 4.79 Å². The molecule has 0 spiro atoms. The summed E-state index contributed by atoms with van der Waals surface area (Å²) in [4.78, 5) is 13.4. The molecule has 1 saturated heterocycles. The van der Waals surface area contributed by atoms with Crippen molar-refractivity contribution in [1.82, 2.24) is 10.2 Å². The third kappa shape index (κ3) is 5.52. The lowest BCUT2D eigenvalue weighted by molar-refractivity contribution is -0.130. The van der Waals surface area contributed by atoms with E-state index in [1.54, 1.807) is 14.0 Å². The van der Waals surface area contributed by atoms with Gasteiger partial charge in [0.05, 0.1) is 6.61 Å². The molecule has 0 bridgehead atoms. The molecule has 1 heterocycles. The van der Waals surface area contributed by atoms with E-state index in [9.17, 15) is 4.79 Å². The SMILES string of the molecule is COCCOc1ccc(CNC2CCN(C(C)=O)CC2C)cc1. The lowest BCUT2D eigenvalue weighted by Gasteiger charge is -2.37. The van der Waals surface area contributed by atoms with E-state index in [-0.39, 0.29) is 5.91 Å². The summed E-state index contributed by atoms with van der Waals surface area (Å²) in [5.41, 5.74) is 1.24. The summed E-state index contributed by atoms with van der Waals surface area (Å²) in [5.74, 6) is 1.53. The number of carbonyl (C=O) groups is 1. The molecule has 1 aromatic rings. The van der Waals surface area contributed by atoms with Crippen LogP contribution in [-0.2, 0) is 16.1 Å². The molecule has 23 heavy (non-hydrogen) atoms. The lowest BCUT2D eigenvalue weighted by Crippen LogP contribution is -2.49. The van der Waals surface area contributed by atoms with Crippen molar-refractivity contribution in [3.05, 3.63) is 29.8 Å². The van der Waals surface area contributed by atoms with E-state index < -0.39 is 0 Å². The summed E-state index contributed by atoms with van der Waals surface area (Å²) < 4.78 is 10.5. The number of amides is 1. The summed E-state index contributed by atoms with van der Waals surface area (Å²) in [6.45, 7) is 7.56. The van der Waals surface area contributed by atoms with Crippen molar-refractivity contribution in [2.75, 3.05) is 33.4 Å². The fraction of sp³-hybridized carbons (Fsp3) is 0.611. The lowest BCUT2D eigenvalue weighted by atomic mass is 9.93. The number of nitrogens with one attached hydrogen (secondary N) is 1. The molecule has 0 saturated carbocycles. The highest BCUT2D eigenvalue weighted by molar-refractivity contribution is 5.73. The number of rotatable bonds is 7. The van der Waals surface area contributed by atoms with Crippen LogP contribution in [0.1, 0.15) is 25.8 Å². The largest absolute Gasteiger partial charge is 0.491 e. The van der Waals surface area contributed by atoms with Crippen LogP contribution in [0.25, 0.3) is 0 Å². The van der Waals surface area contributed by atoms with Crippen LogP contribution in [0.15, 0.2) is 24.3 Å². The van der Waals surface area contributed by atoms with Crippen molar-refractivity contribution in [3.8, 4) is 5.75 Å². The van der Waals surface area contributed by atoms with Gasteiger partial charge in [0, 0.05) is 39.7 Å². The highest BCUT2D eigenvalue weighted by Crippen LogP contribution is 2.18. The minimum absolute atomic E-state index is 0.180. The van der Waals surface area contributed by atoms with E-state index in [0.717, 1.165) is 31.8 Å². The van der Waals surface area contributed by atoms with Gasteiger partial charge in [-0.2, -0.15) is 0 Å². The van der Waals surface area contributed by atoms with Gasteiger partial charge in [-0.05, 0) is 30.0 Å². The topological polar surface area (TPSA) is 50.8 Å². The normalized spacial score (nSPS) is 21.3. The summed E-state index contributed by atoms with van der Waals surface area (Å²) in [6.07, 6.45) is 1.01. The number of benzene rings is 1. The molecule has 0 radical (unpaired) electrons. The Morgan fingerprint density at radius 1 is 1.30 bits per heavy atom. The van der Waals surface area contributed by atoms with Gasteiger partial charge in [-0.1, -0.05) is 19.1 Å². The first-order valence-corrected chi connectivity index (χ1v) is 8.29. The fourth-order valence-electron chi connectivity index (χ4n) is 2.93. The Morgan fingerprint density at radius 3 is 2.65 bits per heavy atom. The van der Waals surface area contributed by atoms with Gasteiger partial charge in [0.2, 0.25) is 5.91 Å². The third-order valence-corrected chi connectivity index (χ3v) is 4.40. The number of methoxy groups -OCH3 is 1. The number of hydrogen-bond acceptors (Lipinski definition) is 4. The minimum Gasteiger partial charge on any atom is -0.491 e. The van der Waals surface area contributed by atoms with Gasteiger partial charge >= 0.3 is 0 Å². The van der Waals surface area contributed by atoms with Gasteiger partial charge in [-0.25, -0.2) is 0 Å². The smallest absolute Gasteiger partial charge is 0.219 e. The Balaban J connectivity index is 1.76. The Labute approximate surface area is 139 Å². The highest BCUT2D eigenvalue weighted by atomic mass is 16.5. The summed E-state index contributed by atoms with van der Waals surface area (Å²) in [6, 6.07) is 8.63. The van der Waals surface area contributed by atoms with Crippen LogP contribution in [0.4, 0.5) is 0 Å². The number of likely N-dealkylation sites (tertiary alicyclic amines) is 1. The van der Waals surface area contributed by atoms with Crippen LogP contribution in [0.5, 0.6) is 5.75 Å². The number of hydrogen-bond donors (Lipinski definition) is 1. The molecule has 1 aromatic carbocycles. The molecule has 1 fully saturated rings. The average Bonchev–Trinajstić information content (AvgIpc) is 2.55. The van der Waals surface area contributed by atoms with Gasteiger partial charge < -0.3 is 19.7 Å². The molecule has 128 valence electrons. The van der Waals surface area contributed by atoms with Gasteiger partial charge in [0.25, 0.3) is 0 Å². The molecule has 1 N–H and O–H groups in total. The Bertz CT molecular complexity index is 490. The van der Waals surface area contributed by atoms with Crippen LogP contribution in [-0.4, -0.2) is 50.3 Å². The molecule has 5 nitrogen and oxygen atoms in total. The second-order valence-corrected chi connectivity index (χ2v) is 6.20. The first-order chi connectivity index (χ1) is 11.1. The second-order valence-electron chi connectivity index (χ2n) is 6.20. The van der Waals surface area contributed by atoms with Crippen LogP contribution in [0, 0.1) is 5.92 Å². The van der Waals surface area contributed by atoms with Gasteiger partial charge in [-0.15, -0.1) is 0 Å². The molecule has 2 rings (SSSR count). The van der Waals surface area contributed by atoms with Crippen molar-refractivity contribution in [1.29, 1.82) is 0 Å². The van der Waals surface area contributed by atoms with Crippen LogP contribution >= 0.6 is 0 Å². The van der Waals surface area contributed by atoms with E-state index in [2.05, 4.69) is 24.4 Å². The van der Waals surface area contributed by atoms with Crippen molar-refractivity contribution < 1.29 is 14.3 Å². The molecular formula is C18H28N2O3. The Hall–Kier alpha value is -1.59. The van der Waals surface area contributed by atoms with Gasteiger partial charge in [0.1, 0.15) is 12.4 Å². The van der Waals surface area contributed by atoms with Crippen molar-refractivity contribution in [2.45, 2.75) is 32.9 Å². The number of ether oxygens (including phenoxy) is 2. The monoisotopic (exact) mass is 320 g/mol. The molecule has 1 aliphatic rings. The first-order valence-electron chi connectivity index (χ1n) is 8.29. The first kappa shape index (κ1) is 17.8. The quantitative estimate of drug-likeness (QED) is 0.781. The van der Waals surface area contributed by atoms with Crippen molar-refractivity contribution >= 4 is 5.91 Å². The predicted octanol–water partition coefficient (Wildman–Crippen LogP) is 2.06. The van der Waals surface area contributed by atoms with E-state index in [1.807, 2.05) is 17.0 Å². The molecule has 2 atom stereocenters. The standard InChI is InChI=1S/C18H28N2O3/c1-14-13-20(15(2)21)9-8-18(14)19-12-16-4-6-17(7-5-16)23-11-10-22-3/h4-7,14,18-19H,8-13H2,1-3H3. The average molecular weight is 320 g/mol. The molecule has 2 unspecified atom stereocenters. The molecular weight excluding hydrogens is 292 g/mol. The Morgan fingerprint density at radius 2 is 2.04 bits per heavy atom. The summed E-state index contributed by atoms with van der Waals surface area (Å²) in [7, 11) is 1.67. The molecule has 1 amide bonds. The number of carbonyl (C=O) groups excluding carboxylic acids is 1. The number of nitrogens with zero attached hydrogens (tertiary/aromatic N) is 1. The van der Waals surface area contributed by atoms with E-state index >= 15 is 0 Å². The summed E-state index contributed by atoms with van der Waals surface area (Å²) >= 11 is 0. The third-order valence-electron chi connectivity index (χ3n) is 4.40. The molecule has 5 heteroatoms. The number of piperidine rings is 1. The van der Waals surface area contributed by atoms with Gasteiger partial charge in [0.15, 0.2) is 0 Å². The Kier molecular flexibility index (Phi) is 6.86. The van der Waals surface area contributed by atoms with Crippen LogP contribution < -0.4 is 10.1 Å². The zero-order valence-electron chi connectivity index (χ0n) is 14.4. The second kappa shape index (κ2) is 8.89. The van der Waals surface area contributed by atoms with E-state index in [4.69, 9.17) is 9.47 Å². The summed E-state index contributed by atoms with van der Waals surface area (Å²) in [5, 5.41) is 3.62. The van der Waals surface area contributed by atoms with Crippen LogP contribution in [0.2, 0.25) is 0 Å². The van der Waals surface area contributed by atoms with E-state index in [1.165, 1.54) is 5.56 Å². The molecule has 0 aliphatic carbocycles. The highest BCUT2D eigenvalue weighted by Gasteiger charge is 2.26. The maximum absolute atomic E-state index is 11.4. The molecule has 1 aliphatic heterocycles. The minimum atomic E-state index is 0.180. The fourth-order valence-corrected chi connectivity index (χ4v) is 2.93. The van der Waals surface area contributed by atoms with Crippen molar-refractivity contribution in [2.24, 2.45) is 5.92 Å². The van der Waals surface area contributed by atoms with Crippen molar-refractivity contribution in [3.63, 3.8) is 0 Å². The zero-order chi connectivity index (χ0) is 16.7. The predicted molar refractivity (Wildman–Crippen MR) is 90.5 cm³/mol. The zero-order valence-corrected chi connectivity index (χ0v) is 14.4.